The Bertz CT molecular complexity index is 1040. The lowest BCUT2D eigenvalue weighted by atomic mass is 9.59. The van der Waals surface area contributed by atoms with Crippen LogP contribution in [0, 0.1) is 29.1 Å². The molecule has 2 aliphatic heterocycles. The first-order valence-corrected chi connectivity index (χ1v) is 13.5. The summed E-state index contributed by atoms with van der Waals surface area (Å²) in [4.78, 5) is 17.2. The molecule has 0 spiro atoms. The van der Waals surface area contributed by atoms with Gasteiger partial charge in [-0.1, -0.05) is 55.0 Å². The van der Waals surface area contributed by atoms with E-state index < -0.39 is 11.5 Å². The van der Waals surface area contributed by atoms with Crippen LogP contribution in [-0.2, 0) is 10.2 Å². The van der Waals surface area contributed by atoms with Crippen molar-refractivity contribution in [3.63, 3.8) is 0 Å². The monoisotopic (exact) mass is 486 g/mol. The van der Waals surface area contributed by atoms with Crippen LogP contribution < -0.4 is 10.2 Å². The fourth-order valence-corrected chi connectivity index (χ4v) is 7.06. The standard InChI is InChI=1S/C30H38N4O2/c1-36-29(35)32-28-14-8-13-27(28)30(22-31,24-9-4-2-5-10-24)25-15-17-33(18-16-25)19-23-20-34(21-23)26-11-6-3-7-12-26/h2-7,9-12,23,25,27-28H,8,13-21H2,1H3,(H,32,35)/t27-,28-,30?/m0/s1. The van der Waals surface area contributed by atoms with Gasteiger partial charge >= 0.3 is 6.09 Å². The first kappa shape index (κ1) is 24.6. The van der Waals surface area contributed by atoms with Crippen LogP contribution in [0.5, 0.6) is 0 Å². The molecule has 0 radical (unpaired) electrons. The molecule has 190 valence electrons. The molecule has 1 unspecified atom stereocenters. The molecule has 2 saturated heterocycles. The number of nitrogens with zero attached hydrogens (tertiary/aromatic N) is 3. The third kappa shape index (κ3) is 4.82. The van der Waals surface area contributed by atoms with Crippen molar-refractivity contribution in [3.05, 3.63) is 66.2 Å². The summed E-state index contributed by atoms with van der Waals surface area (Å²) in [6.45, 7) is 5.45. The van der Waals surface area contributed by atoms with Crippen molar-refractivity contribution in [2.24, 2.45) is 17.8 Å². The quantitative estimate of drug-likeness (QED) is 0.608. The Labute approximate surface area is 215 Å². The van der Waals surface area contributed by atoms with Crippen LogP contribution in [-0.4, -0.2) is 56.9 Å². The van der Waals surface area contributed by atoms with E-state index in [9.17, 15) is 10.1 Å². The molecule has 3 atom stereocenters. The van der Waals surface area contributed by atoms with Gasteiger partial charge in [0.1, 0.15) is 0 Å². The number of amides is 1. The number of alkyl carbamates (subject to hydrolysis) is 1. The summed E-state index contributed by atoms with van der Waals surface area (Å²) in [5.41, 5.74) is 1.82. The van der Waals surface area contributed by atoms with Gasteiger partial charge in [0.15, 0.2) is 0 Å². The van der Waals surface area contributed by atoms with Crippen LogP contribution in [0.2, 0.25) is 0 Å². The number of para-hydroxylation sites is 1. The van der Waals surface area contributed by atoms with Crippen molar-refractivity contribution >= 4 is 11.8 Å². The van der Waals surface area contributed by atoms with Gasteiger partial charge in [-0.05, 0) is 62.4 Å². The van der Waals surface area contributed by atoms with Crippen LogP contribution >= 0.6 is 0 Å². The van der Waals surface area contributed by atoms with Gasteiger partial charge < -0.3 is 19.9 Å². The SMILES string of the molecule is COC(=O)N[C@H]1CCC[C@@H]1C(C#N)(c1ccccc1)C1CCN(CC2CN(c3ccccc3)C2)CC1. The average molecular weight is 487 g/mol. The van der Waals surface area contributed by atoms with Gasteiger partial charge in [0.25, 0.3) is 0 Å². The van der Waals surface area contributed by atoms with E-state index in [2.05, 4.69) is 63.7 Å². The number of rotatable bonds is 7. The van der Waals surface area contributed by atoms with E-state index in [1.165, 1.54) is 12.8 Å². The Morgan fingerprint density at radius 2 is 1.69 bits per heavy atom. The van der Waals surface area contributed by atoms with E-state index in [1.54, 1.807) is 0 Å². The third-order valence-electron chi connectivity index (χ3n) is 8.85. The largest absolute Gasteiger partial charge is 0.453 e. The Morgan fingerprint density at radius 1 is 1.03 bits per heavy atom. The predicted molar refractivity (Wildman–Crippen MR) is 142 cm³/mol. The minimum Gasteiger partial charge on any atom is -0.453 e. The minimum atomic E-state index is -0.601. The summed E-state index contributed by atoms with van der Waals surface area (Å²) in [6.07, 6.45) is 4.50. The molecule has 3 aliphatic rings. The van der Waals surface area contributed by atoms with Gasteiger partial charge in [-0.25, -0.2) is 4.79 Å². The maximum absolute atomic E-state index is 12.1. The van der Waals surface area contributed by atoms with Crippen LogP contribution in [0.25, 0.3) is 0 Å². The zero-order valence-corrected chi connectivity index (χ0v) is 21.3. The van der Waals surface area contributed by atoms with E-state index in [1.807, 2.05) is 18.2 Å². The van der Waals surface area contributed by atoms with Crippen molar-refractivity contribution in [2.75, 3.05) is 44.7 Å². The van der Waals surface area contributed by atoms with Crippen molar-refractivity contribution in [2.45, 2.75) is 43.6 Å². The van der Waals surface area contributed by atoms with E-state index in [0.29, 0.717) is 5.92 Å². The van der Waals surface area contributed by atoms with Crippen LogP contribution in [0.3, 0.4) is 0 Å². The minimum absolute atomic E-state index is 0.0331. The fraction of sp³-hybridized carbons (Fsp3) is 0.533. The number of piperidine rings is 1. The highest BCUT2D eigenvalue weighted by molar-refractivity contribution is 5.67. The molecule has 0 bridgehead atoms. The number of hydrogen-bond donors (Lipinski definition) is 1. The van der Waals surface area contributed by atoms with E-state index in [0.717, 1.165) is 70.4 Å². The highest BCUT2D eigenvalue weighted by atomic mass is 16.5. The second kappa shape index (κ2) is 10.9. The number of carbonyl (C=O) groups is 1. The molecule has 1 amide bonds. The summed E-state index contributed by atoms with van der Waals surface area (Å²) in [5.74, 6) is 1.07. The van der Waals surface area contributed by atoms with Crippen molar-refractivity contribution in [3.8, 4) is 6.07 Å². The number of likely N-dealkylation sites (tertiary alicyclic amines) is 1. The molecule has 3 fully saturated rings. The normalized spacial score (nSPS) is 24.9. The predicted octanol–water partition coefficient (Wildman–Crippen LogP) is 4.82. The van der Waals surface area contributed by atoms with Gasteiger partial charge in [-0.3, -0.25) is 0 Å². The molecule has 6 nitrogen and oxygen atoms in total. The van der Waals surface area contributed by atoms with E-state index in [-0.39, 0.29) is 17.9 Å². The zero-order valence-electron chi connectivity index (χ0n) is 21.3. The van der Waals surface area contributed by atoms with Crippen molar-refractivity contribution in [1.29, 1.82) is 5.26 Å². The Hall–Kier alpha value is -3.04. The van der Waals surface area contributed by atoms with Crippen molar-refractivity contribution < 1.29 is 9.53 Å². The van der Waals surface area contributed by atoms with Crippen LogP contribution in [0.1, 0.15) is 37.7 Å². The molecular formula is C30H38N4O2. The van der Waals surface area contributed by atoms with E-state index in [4.69, 9.17) is 4.74 Å². The maximum Gasteiger partial charge on any atom is 0.407 e. The summed E-state index contributed by atoms with van der Waals surface area (Å²) >= 11 is 0. The molecule has 1 saturated carbocycles. The molecule has 36 heavy (non-hydrogen) atoms. The molecule has 2 aromatic carbocycles. The number of nitriles is 1. The summed E-state index contributed by atoms with van der Waals surface area (Å²) in [7, 11) is 1.41. The molecule has 0 aromatic heterocycles. The average Bonchev–Trinajstić information content (AvgIpc) is 3.37. The van der Waals surface area contributed by atoms with Gasteiger partial charge in [0.2, 0.25) is 0 Å². The Morgan fingerprint density at radius 3 is 2.33 bits per heavy atom. The molecule has 2 heterocycles. The smallest absolute Gasteiger partial charge is 0.407 e. The number of methoxy groups -OCH3 is 1. The highest BCUT2D eigenvalue weighted by Gasteiger charge is 2.52. The molecule has 1 N–H and O–H groups in total. The summed E-state index contributed by atoms with van der Waals surface area (Å²) in [6, 6.07) is 23.8. The molecule has 6 heteroatoms. The van der Waals surface area contributed by atoms with Gasteiger partial charge in [-0.2, -0.15) is 5.26 Å². The fourth-order valence-electron chi connectivity index (χ4n) is 7.06. The third-order valence-corrected chi connectivity index (χ3v) is 8.85. The summed E-state index contributed by atoms with van der Waals surface area (Å²) < 4.78 is 4.92. The molecular weight excluding hydrogens is 448 g/mol. The lowest BCUT2D eigenvalue weighted by molar-refractivity contribution is 0.0939. The Balaban J connectivity index is 1.26. The maximum atomic E-state index is 12.1. The molecule has 5 rings (SSSR count). The lowest BCUT2D eigenvalue weighted by Gasteiger charge is -2.48. The first-order valence-electron chi connectivity index (χ1n) is 13.5. The number of carbonyl (C=O) groups excluding carboxylic acids is 1. The van der Waals surface area contributed by atoms with Crippen LogP contribution in [0.4, 0.5) is 10.5 Å². The van der Waals surface area contributed by atoms with Crippen molar-refractivity contribution in [1.82, 2.24) is 10.2 Å². The van der Waals surface area contributed by atoms with Crippen LogP contribution in [0.15, 0.2) is 60.7 Å². The molecule has 1 aliphatic carbocycles. The topological polar surface area (TPSA) is 68.6 Å². The number of ether oxygens (including phenoxy) is 1. The second-order valence-electron chi connectivity index (χ2n) is 10.8. The van der Waals surface area contributed by atoms with E-state index >= 15 is 0 Å². The number of nitrogens with one attached hydrogen (secondary N) is 1. The zero-order chi connectivity index (χ0) is 25.0. The second-order valence-corrected chi connectivity index (χ2v) is 10.8. The van der Waals surface area contributed by atoms with Gasteiger partial charge in [0, 0.05) is 43.2 Å². The van der Waals surface area contributed by atoms with Gasteiger partial charge in [-0.15, -0.1) is 0 Å². The number of benzene rings is 2. The summed E-state index contributed by atoms with van der Waals surface area (Å²) in [5, 5.41) is 13.9. The lowest BCUT2D eigenvalue weighted by Crippen LogP contribution is -2.55. The number of anilines is 1. The Kier molecular flexibility index (Phi) is 7.48. The molecule has 2 aromatic rings. The number of hydrogen-bond acceptors (Lipinski definition) is 5. The first-order chi connectivity index (χ1) is 17.6. The van der Waals surface area contributed by atoms with Gasteiger partial charge in [0.05, 0.1) is 18.6 Å². The highest BCUT2D eigenvalue weighted by Crippen LogP contribution is 2.50.